The molecule has 0 aromatic heterocycles. The summed E-state index contributed by atoms with van der Waals surface area (Å²) in [6.07, 6.45) is -0.634. The van der Waals surface area contributed by atoms with E-state index in [1.54, 1.807) is 13.0 Å². The van der Waals surface area contributed by atoms with Gasteiger partial charge in [-0.25, -0.2) is 4.79 Å². The second-order valence-electron chi connectivity index (χ2n) is 3.70. The van der Waals surface area contributed by atoms with Gasteiger partial charge < -0.3 is 14.6 Å². The van der Waals surface area contributed by atoms with Crippen molar-refractivity contribution in [3.8, 4) is 5.75 Å². The van der Waals surface area contributed by atoms with E-state index < -0.39 is 12.1 Å². The monoisotopic (exact) mass is 272 g/mol. The third kappa shape index (κ3) is 3.15. The summed E-state index contributed by atoms with van der Waals surface area (Å²) in [5.74, 6) is -0.111. The minimum absolute atomic E-state index is 0.223. The van der Waals surface area contributed by atoms with Crippen LogP contribution in [0.3, 0.4) is 0 Å². The number of carbonyl (C=O) groups is 1. The molecule has 18 heavy (non-hydrogen) atoms. The van der Waals surface area contributed by atoms with E-state index in [2.05, 4.69) is 0 Å². The van der Waals surface area contributed by atoms with Gasteiger partial charge in [0.05, 0.1) is 18.7 Å². The molecular weight excluding hydrogens is 256 g/mol. The average Bonchev–Trinajstić information content (AvgIpc) is 2.36. The van der Waals surface area contributed by atoms with Crippen molar-refractivity contribution in [2.45, 2.75) is 26.4 Å². The molecule has 4 nitrogen and oxygen atoms in total. The molecule has 5 heteroatoms. The van der Waals surface area contributed by atoms with Crippen LogP contribution in [0.2, 0.25) is 5.02 Å². The van der Waals surface area contributed by atoms with Crippen molar-refractivity contribution in [2.75, 3.05) is 13.7 Å². The van der Waals surface area contributed by atoms with E-state index in [1.807, 2.05) is 6.92 Å². The van der Waals surface area contributed by atoms with Gasteiger partial charge in [0, 0.05) is 0 Å². The zero-order valence-corrected chi connectivity index (χ0v) is 11.5. The summed E-state index contributed by atoms with van der Waals surface area (Å²) in [4.78, 5) is 11.5. The second-order valence-corrected chi connectivity index (χ2v) is 4.11. The Bertz CT molecular complexity index is 431. The summed E-state index contributed by atoms with van der Waals surface area (Å²) in [5.41, 5.74) is 1.25. The predicted molar refractivity (Wildman–Crippen MR) is 69.0 cm³/mol. The zero-order chi connectivity index (χ0) is 13.7. The van der Waals surface area contributed by atoms with E-state index >= 15 is 0 Å². The van der Waals surface area contributed by atoms with E-state index in [0.717, 1.165) is 5.56 Å². The van der Waals surface area contributed by atoms with Gasteiger partial charge in [0.15, 0.2) is 6.10 Å². The lowest BCUT2D eigenvalue weighted by Gasteiger charge is -2.14. The topological polar surface area (TPSA) is 55.8 Å². The molecule has 1 aromatic rings. The first kappa shape index (κ1) is 14.8. The third-order valence-electron chi connectivity index (χ3n) is 2.55. The fraction of sp³-hybridized carbons (Fsp3) is 0.462. The molecule has 1 unspecified atom stereocenters. The molecule has 1 aromatic carbocycles. The molecule has 0 heterocycles. The normalized spacial score (nSPS) is 12.1. The molecule has 0 amide bonds. The van der Waals surface area contributed by atoms with Crippen molar-refractivity contribution in [1.82, 2.24) is 0 Å². The lowest BCUT2D eigenvalue weighted by Crippen LogP contribution is -2.15. The molecule has 0 saturated carbocycles. The van der Waals surface area contributed by atoms with E-state index in [9.17, 15) is 9.90 Å². The minimum Gasteiger partial charge on any atom is -0.495 e. The Labute approximate surface area is 111 Å². The highest BCUT2D eigenvalue weighted by Crippen LogP contribution is 2.32. The van der Waals surface area contributed by atoms with E-state index in [1.165, 1.54) is 13.2 Å². The smallest absolute Gasteiger partial charge is 0.339 e. The molecular formula is C13H17ClO4. The molecule has 0 aliphatic rings. The Kier molecular flexibility index (Phi) is 5.44. The summed E-state index contributed by atoms with van der Waals surface area (Å²) < 4.78 is 9.94. The maximum atomic E-state index is 11.5. The third-order valence-corrected chi connectivity index (χ3v) is 2.83. The van der Waals surface area contributed by atoms with E-state index in [0.29, 0.717) is 22.8 Å². The molecule has 0 fully saturated rings. The summed E-state index contributed by atoms with van der Waals surface area (Å²) in [5, 5.41) is 10.2. The first-order chi connectivity index (χ1) is 8.54. The Morgan fingerprint density at radius 3 is 2.61 bits per heavy atom. The van der Waals surface area contributed by atoms with Crippen molar-refractivity contribution in [3.05, 3.63) is 28.3 Å². The van der Waals surface area contributed by atoms with Crippen LogP contribution in [0.5, 0.6) is 5.75 Å². The number of aliphatic hydroxyl groups excluding tert-OH is 1. The molecule has 1 atom stereocenters. The van der Waals surface area contributed by atoms with Gasteiger partial charge in [0.25, 0.3) is 0 Å². The highest BCUT2D eigenvalue weighted by molar-refractivity contribution is 6.32. The number of esters is 1. The molecule has 1 N–H and O–H groups in total. The maximum absolute atomic E-state index is 11.5. The number of aliphatic hydroxyl groups is 1. The number of ether oxygens (including phenoxy) is 2. The summed E-state index contributed by atoms with van der Waals surface area (Å²) in [7, 11) is 1.53. The average molecular weight is 273 g/mol. The number of methoxy groups -OCH3 is 1. The van der Waals surface area contributed by atoms with Crippen molar-refractivity contribution < 1.29 is 19.4 Å². The fourth-order valence-electron chi connectivity index (χ4n) is 1.68. The largest absolute Gasteiger partial charge is 0.495 e. The first-order valence-corrected chi connectivity index (χ1v) is 6.13. The quantitative estimate of drug-likeness (QED) is 0.837. The van der Waals surface area contributed by atoms with Gasteiger partial charge in [-0.1, -0.05) is 18.5 Å². The van der Waals surface area contributed by atoms with Crippen LogP contribution >= 0.6 is 11.6 Å². The van der Waals surface area contributed by atoms with Crippen LogP contribution in [0.1, 0.15) is 31.1 Å². The number of hydrogen-bond acceptors (Lipinski definition) is 4. The van der Waals surface area contributed by atoms with Crippen LogP contribution in [0.25, 0.3) is 0 Å². The van der Waals surface area contributed by atoms with Crippen molar-refractivity contribution in [1.29, 1.82) is 0 Å². The van der Waals surface area contributed by atoms with Crippen molar-refractivity contribution in [2.24, 2.45) is 0 Å². The van der Waals surface area contributed by atoms with Crippen LogP contribution in [-0.4, -0.2) is 24.8 Å². The molecule has 100 valence electrons. The van der Waals surface area contributed by atoms with Crippen LogP contribution in [0, 0.1) is 0 Å². The second kappa shape index (κ2) is 6.61. The van der Waals surface area contributed by atoms with Crippen LogP contribution in [0.4, 0.5) is 0 Å². The number of carbonyl (C=O) groups excluding carboxylic acids is 1. The summed E-state index contributed by atoms with van der Waals surface area (Å²) >= 11 is 6.05. The number of halogens is 1. The van der Waals surface area contributed by atoms with E-state index in [4.69, 9.17) is 21.1 Å². The van der Waals surface area contributed by atoms with Gasteiger partial charge in [-0.15, -0.1) is 0 Å². The van der Waals surface area contributed by atoms with Gasteiger partial charge >= 0.3 is 5.97 Å². The van der Waals surface area contributed by atoms with Gasteiger partial charge in [-0.3, -0.25) is 0 Å². The number of rotatable bonds is 5. The lowest BCUT2D eigenvalue weighted by atomic mass is 10.0. The Hall–Kier alpha value is -1.26. The van der Waals surface area contributed by atoms with Crippen LogP contribution < -0.4 is 4.74 Å². The Morgan fingerprint density at radius 1 is 1.44 bits per heavy atom. The van der Waals surface area contributed by atoms with Crippen molar-refractivity contribution in [3.63, 3.8) is 0 Å². The molecule has 0 aliphatic carbocycles. The van der Waals surface area contributed by atoms with Gasteiger partial charge in [0.2, 0.25) is 0 Å². The standard InChI is InChI=1S/C13H17ClO4/c1-4-8-6-9(7-10(14)12(8)17-3)11(15)13(16)18-5-2/h6-7,11,15H,4-5H2,1-3H3. The molecule has 0 radical (unpaired) electrons. The van der Waals surface area contributed by atoms with Crippen LogP contribution in [-0.2, 0) is 16.0 Å². The van der Waals surface area contributed by atoms with Gasteiger partial charge in [-0.2, -0.15) is 0 Å². The molecule has 0 saturated heterocycles. The molecule has 0 aliphatic heterocycles. The fourth-order valence-corrected chi connectivity index (χ4v) is 2.00. The number of hydrogen-bond donors (Lipinski definition) is 1. The molecule has 0 bridgehead atoms. The van der Waals surface area contributed by atoms with Crippen LogP contribution in [0.15, 0.2) is 12.1 Å². The summed E-state index contributed by atoms with van der Waals surface area (Å²) in [6, 6.07) is 3.22. The maximum Gasteiger partial charge on any atom is 0.339 e. The zero-order valence-electron chi connectivity index (χ0n) is 10.7. The molecule has 0 spiro atoms. The number of aryl methyl sites for hydroxylation is 1. The SMILES string of the molecule is CCOC(=O)C(O)c1cc(Cl)c(OC)c(CC)c1. The van der Waals surface area contributed by atoms with Gasteiger partial charge in [-0.05, 0) is 36.6 Å². The highest BCUT2D eigenvalue weighted by Gasteiger charge is 2.21. The predicted octanol–water partition coefficient (Wildman–Crippen LogP) is 2.51. The molecule has 1 rings (SSSR count). The van der Waals surface area contributed by atoms with Gasteiger partial charge in [0.1, 0.15) is 5.75 Å². The minimum atomic E-state index is -1.32. The highest BCUT2D eigenvalue weighted by atomic mass is 35.5. The van der Waals surface area contributed by atoms with Crippen molar-refractivity contribution >= 4 is 17.6 Å². The number of benzene rings is 1. The van der Waals surface area contributed by atoms with E-state index in [-0.39, 0.29) is 6.61 Å². The summed E-state index contributed by atoms with van der Waals surface area (Å²) in [6.45, 7) is 3.85. The lowest BCUT2D eigenvalue weighted by molar-refractivity contribution is -0.153. The first-order valence-electron chi connectivity index (χ1n) is 5.76. The Morgan fingerprint density at radius 2 is 2.11 bits per heavy atom. The Balaban J connectivity index is 3.11.